The van der Waals surface area contributed by atoms with Crippen LogP contribution in [0.4, 0.5) is 0 Å². The van der Waals surface area contributed by atoms with Gasteiger partial charge in [-0.2, -0.15) is 5.10 Å². The molecule has 168 valence electrons. The minimum absolute atomic E-state index is 0.0486. The Kier molecular flexibility index (Phi) is 5.50. The van der Waals surface area contributed by atoms with Crippen LogP contribution in [0.1, 0.15) is 60.2 Å². The lowest BCUT2D eigenvalue weighted by atomic mass is 10.0. The van der Waals surface area contributed by atoms with Crippen molar-refractivity contribution in [3.63, 3.8) is 0 Å². The minimum atomic E-state index is 0.0486. The van der Waals surface area contributed by atoms with Gasteiger partial charge in [-0.25, -0.2) is 14.7 Å². The topological polar surface area (TPSA) is 107 Å². The number of aliphatic imine (C=N–C) groups is 1. The summed E-state index contributed by atoms with van der Waals surface area (Å²) < 4.78 is 9.81. The lowest BCUT2D eigenvalue weighted by Crippen LogP contribution is -2.44. The summed E-state index contributed by atoms with van der Waals surface area (Å²) in [5.74, 6) is 5.10. The van der Waals surface area contributed by atoms with E-state index in [-0.39, 0.29) is 12.1 Å². The number of nitrogens with zero attached hydrogens (tertiary/aromatic N) is 7. The number of aromatic nitrogens is 6. The van der Waals surface area contributed by atoms with Gasteiger partial charge in [0.2, 0.25) is 0 Å². The third kappa shape index (κ3) is 4.04. The van der Waals surface area contributed by atoms with Gasteiger partial charge in [-0.3, -0.25) is 0 Å². The lowest BCUT2D eigenvalue weighted by molar-refractivity contribution is 0.261. The van der Waals surface area contributed by atoms with E-state index in [4.69, 9.17) is 9.73 Å². The van der Waals surface area contributed by atoms with Crippen molar-refractivity contribution < 1.29 is 4.74 Å². The van der Waals surface area contributed by atoms with Crippen LogP contribution in [0.15, 0.2) is 29.3 Å². The van der Waals surface area contributed by atoms with E-state index in [1.165, 1.54) is 0 Å². The maximum atomic E-state index is 5.84. The number of benzene rings is 1. The fraction of sp³-hybridized carbons (Fsp3) is 0.500. The second kappa shape index (κ2) is 8.60. The van der Waals surface area contributed by atoms with E-state index in [1.807, 2.05) is 48.3 Å². The molecule has 2 atom stereocenters. The summed E-state index contributed by atoms with van der Waals surface area (Å²) in [5, 5.41) is 20.2. The summed E-state index contributed by atoms with van der Waals surface area (Å²) in [7, 11) is 1.96. The van der Waals surface area contributed by atoms with Gasteiger partial charge in [0, 0.05) is 25.6 Å². The molecule has 0 aliphatic carbocycles. The number of ether oxygens (including phenoxy) is 1. The molecule has 1 aromatic carbocycles. The molecule has 0 spiro atoms. The highest BCUT2D eigenvalue weighted by Gasteiger charge is 2.27. The molecule has 2 unspecified atom stereocenters. The molecule has 2 N–H and O–H groups in total. The van der Waals surface area contributed by atoms with Crippen LogP contribution in [-0.2, 0) is 20.1 Å². The Morgan fingerprint density at radius 1 is 1.16 bits per heavy atom. The summed E-state index contributed by atoms with van der Waals surface area (Å²) in [6, 6.07) is 8.32. The van der Waals surface area contributed by atoms with E-state index < -0.39 is 0 Å². The smallest absolute Gasteiger partial charge is 0.192 e. The average molecular weight is 436 g/mol. The largest absolute Gasteiger partial charge is 0.493 e. The Bertz CT molecular complexity index is 1130. The quantitative estimate of drug-likeness (QED) is 0.477. The Morgan fingerprint density at radius 2 is 2.00 bits per heavy atom. The highest BCUT2D eigenvalue weighted by molar-refractivity contribution is 5.80. The Hall–Kier alpha value is -3.43. The van der Waals surface area contributed by atoms with Crippen molar-refractivity contribution in [2.24, 2.45) is 12.0 Å². The van der Waals surface area contributed by atoms with Crippen molar-refractivity contribution in [3.05, 3.63) is 53.1 Å². The third-order valence-corrected chi connectivity index (χ3v) is 6.12. The zero-order valence-electron chi connectivity index (χ0n) is 18.7. The molecule has 5 rings (SSSR count). The summed E-state index contributed by atoms with van der Waals surface area (Å²) in [6.07, 6.45) is 2.89. The van der Waals surface area contributed by atoms with Gasteiger partial charge in [0.05, 0.1) is 18.7 Å². The van der Waals surface area contributed by atoms with Crippen molar-refractivity contribution >= 4 is 5.96 Å². The van der Waals surface area contributed by atoms with Gasteiger partial charge >= 0.3 is 0 Å². The fourth-order valence-corrected chi connectivity index (χ4v) is 4.30. The van der Waals surface area contributed by atoms with Gasteiger partial charge < -0.3 is 19.9 Å². The predicted molar refractivity (Wildman–Crippen MR) is 119 cm³/mol. The van der Waals surface area contributed by atoms with Crippen LogP contribution in [0, 0.1) is 13.8 Å². The zero-order chi connectivity index (χ0) is 22.1. The van der Waals surface area contributed by atoms with E-state index in [0.29, 0.717) is 13.2 Å². The molecule has 0 bridgehead atoms. The van der Waals surface area contributed by atoms with Gasteiger partial charge in [0.25, 0.3) is 0 Å². The molecule has 2 aliphatic heterocycles. The molecule has 2 aliphatic rings. The molecule has 10 nitrogen and oxygen atoms in total. The highest BCUT2D eigenvalue weighted by atomic mass is 16.5. The Labute approximate surface area is 187 Å². The van der Waals surface area contributed by atoms with Crippen LogP contribution in [0.2, 0.25) is 0 Å². The number of para-hydroxylation sites is 1. The maximum Gasteiger partial charge on any atom is 0.192 e. The monoisotopic (exact) mass is 435 g/mol. The fourth-order valence-electron chi connectivity index (χ4n) is 4.30. The first kappa shape index (κ1) is 20.5. The van der Waals surface area contributed by atoms with Gasteiger partial charge in [-0.1, -0.05) is 18.2 Å². The molecule has 0 amide bonds. The van der Waals surface area contributed by atoms with E-state index in [1.54, 1.807) is 0 Å². The van der Waals surface area contributed by atoms with Gasteiger partial charge in [0.15, 0.2) is 11.8 Å². The molecule has 4 heterocycles. The molecule has 0 fully saturated rings. The molecular formula is C22H29N9O. The van der Waals surface area contributed by atoms with Crippen LogP contribution in [0.3, 0.4) is 0 Å². The molecule has 3 aromatic rings. The maximum absolute atomic E-state index is 5.84. The zero-order valence-corrected chi connectivity index (χ0v) is 18.7. The number of guanidine groups is 1. The van der Waals surface area contributed by atoms with Gasteiger partial charge in [-0.15, -0.1) is 10.2 Å². The van der Waals surface area contributed by atoms with E-state index in [0.717, 1.165) is 66.4 Å². The normalized spacial score (nSPS) is 20.3. The van der Waals surface area contributed by atoms with Crippen molar-refractivity contribution in [2.75, 3.05) is 6.61 Å². The van der Waals surface area contributed by atoms with E-state index >= 15 is 0 Å². The molecular weight excluding hydrogens is 406 g/mol. The average Bonchev–Trinajstić information content (AvgIpc) is 3.34. The predicted octanol–water partition coefficient (Wildman–Crippen LogP) is 2.12. The first-order valence-corrected chi connectivity index (χ1v) is 11.1. The Morgan fingerprint density at radius 3 is 2.84 bits per heavy atom. The van der Waals surface area contributed by atoms with Crippen molar-refractivity contribution in [1.29, 1.82) is 0 Å². The first-order chi connectivity index (χ1) is 15.6. The second-order valence-electron chi connectivity index (χ2n) is 8.34. The number of rotatable bonds is 4. The van der Waals surface area contributed by atoms with Crippen LogP contribution in [0.25, 0.3) is 0 Å². The van der Waals surface area contributed by atoms with Crippen molar-refractivity contribution in [3.8, 4) is 5.75 Å². The second-order valence-corrected chi connectivity index (χ2v) is 8.34. The lowest BCUT2D eigenvalue weighted by Gasteiger charge is -2.30. The van der Waals surface area contributed by atoms with Crippen LogP contribution in [-0.4, -0.2) is 42.1 Å². The first-order valence-electron chi connectivity index (χ1n) is 11.1. The van der Waals surface area contributed by atoms with Crippen LogP contribution >= 0.6 is 0 Å². The van der Waals surface area contributed by atoms with Gasteiger partial charge in [-0.05, 0) is 32.8 Å². The Balaban J connectivity index is 1.42. The van der Waals surface area contributed by atoms with Crippen LogP contribution in [0.5, 0.6) is 5.75 Å². The number of aryl methyl sites for hydroxylation is 3. The standard InChI is InChI=1S/C22H29N9O/c1-14-24-21-18(8-6-11-31(21)29-14)26-22(23-13-20-28-27-15(2)30(20)3)25-17-10-12-32-19-9-5-4-7-16(17)19/h4-5,7,9,17-18H,6,8,10-13H2,1-3H3,(H2,23,25,26). The third-order valence-electron chi connectivity index (χ3n) is 6.12. The molecule has 32 heavy (non-hydrogen) atoms. The number of nitrogens with one attached hydrogen (secondary N) is 2. The van der Waals surface area contributed by atoms with Crippen LogP contribution < -0.4 is 15.4 Å². The summed E-state index contributed by atoms with van der Waals surface area (Å²) in [6.45, 7) is 5.87. The van der Waals surface area contributed by atoms with Gasteiger partial charge in [0.1, 0.15) is 29.8 Å². The minimum Gasteiger partial charge on any atom is -0.493 e. The summed E-state index contributed by atoms with van der Waals surface area (Å²) in [4.78, 5) is 9.55. The highest BCUT2D eigenvalue weighted by Crippen LogP contribution is 2.31. The van der Waals surface area contributed by atoms with Crippen molar-refractivity contribution in [2.45, 2.75) is 58.3 Å². The van der Waals surface area contributed by atoms with E-state index in [9.17, 15) is 0 Å². The number of fused-ring (bicyclic) bond motifs is 2. The molecule has 2 aromatic heterocycles. The summed E-state index contributed by atoms with van der Waals surface area (Å²) in [5.41, 5.74) is 1.14. The molecule has 10 heteroatoms. The molecule has 0 radical (unpaired) electrons. The SMILES string of the molecule is Cc1nc2n(n1)CCCC2NC(=NCc1nnc(C)n1C)NC1CCOc2ccccc21. The molecule has 0 saturated carbocycles. The number of hydrogen-bond donors (Lipinski definition) is 2. The summed E-state index contributed by atoms with van der Waals surface area (Å²) >= 11 is 0. The number of hydrogen-bond acceptors (Lipinski definition) is 6. The molecule has 0 saturated heterocycles. The van der Waals surface area contributed by atoms with Crippen molar-refractivity contribution in [1.82, 2.24) is 40.2 Å². The van der Waals surface area contributed by atoms with E-state index in [2.05, 4.69) is 37.0 Å².